The van der Waals surface area contributed by atoms with Gasteiger partial charge in [0.15, 0.2) is 10.4 Å². The van der Waals surface area contributed by atoms with Crippen LogP contribution < -0.4 is 15.0 Å². The molecule has 1 aliphatic heterocycles. The van der Waals surface area contributed by atoms with Crippen molar-refractivity contribution in [3.05, 3.63) is 40.8 Å². The molecule has 1 saturated heterocycles. The zero-order valence-corrected chi connectivity index (χ0v) is 15.3. The average Bonchev–Trinajstić information content (AvgIpc) is 3.02. The number of furan rings is 1. The van der Waals surface area contributed by atoms with Gasteiger partial charge < -0.3 is 24.3 Å². The third-order valence-corrected chi connectivity index (χ3v) is 4.50. The molecule has 2 aromatic rings. The second-order valence-corrected chi connectivity index (χ2v) is 6.52. The second kappa shape index (κ2) is 7.27. The number of carbonyl (C=O) groups is 1. The van der Waals surface area contributed by atoms with Gasteiger partial charge in [-0.25, -0.2) is 0 Å². The lowest BCUT2D eigenvalue weighted by molar-refractivity contribution is 0.0995. The van der Waals surface area contributed by atoms with E-state index in [2.05, 4.69) is 38.1 Å². The van der Waals surface area contributed by atoms with E-state index in [4.69, 9.17) is 9.15 Å². The smallest absolute Gasteiger partial charge is 0.291 e. The van der Waals surface area contributed by atoms with Crippen molar-refractivity contribution in [1.29, 1.82) is 0 Å². The number of piperazine rings is 1. The predicted molar refractivity (Wildman–Crippen MR) is 97.1 cm³/mol. The summed E-state index contributed by atoms with van der Waals surface area (Å²) in [4.78, 5) is 16.8. The van der Waals surface area contributed by atoms with Gasteiger partial charge in [-0.15, -0.1) is 0 Å². The minimum Gasteiger partial charge on any atom is -0.495 e. The molecule has 0 aliphatic carbocycles. The van der Waals surface area contributed by atoms with Crippen LogP contribution in [0.3, 0.4) is 0 Å². The number of anilines is 2. The van der Waals surface area contributed by atoms with E-state index in [1.54, 1.807) is 19.2 Å². The number of hydrogen-bond donors (Lipinski definition) is 1. The fourth-order valence-electron chi connectivity index (χ4n) is 2.69. The van der Waals surface area contributed by atoms with Gasteiger partial charge in [0, 0.05) is 31.9 Å². The molecule has 2 heterocycles. The highest BCUT2D eigenvalue weighted by atomic mass is 79.9. The molecule has 1 fully saturated rings. The number of likely N-dealkylation sites (N-methyl/N-ethyl adjacent to an activating group) is 1. The number of nitrogens with one attached hydrogen (secondary N) is 1. The van der Waals surface area contributed by atoms with E-state index < -0.39 is 0 Å². The first-order chi connectivity index (χ1) is 11.6. The molecule has 0 radical (unpaired) electrons. The van der Waals surface area contributed by atoms with Crippen molar-refractivity contribution in [1.82, 2.24) is 4.90 Å². The van der Waals surface area contributed by atoms with Gasteiger partial charge in [-0.2, -0.15) is 0 Å². The molecule has 0 unspecified atom stereocenters. The molecule has 1 amide bonds. The quantitative estimate of drug-likeness (QED) is 0.864. The minimum absolute atomic E-state index is 0.263. The molecule has 3 rings (SSSR count). The van der Waals surface area contributed by atoms with Crippen molar-refractivity contribution >= 4 is 33.2 Å². The van der Waals surface area contributed by atoms with Crippen molar-refractivity contribution < 1.29 is 13.9 Å². The Morgan fingerprint density at radius 3 is 2.58 bits per heavy atom. The third kappa shape index (κ3) is 3.73. The van der Waals surface area contributed by atoms with Gasteiger partial charge >= 0.3 is 0 Å². The number of halogens is 1. The van der Waals surface area contributed by atoms with Crippen molar-refractivity contribution in [2.45, 2.75) is 0 Å². The Kier molecular flexibility index (Phi) is 5.11. The lowest BCUT2D eigenvalue weighted by Crippen LogP contribution is -2.44. The Balaban J connectivity index is 1.79. The Bertz CT molecular complexity index is 724. The molecule has 24 heavy (non-hydrogen) atoms. The van der Waals surface area contributed by atoms with Crippen LogP contribution in [0.15, 0.2) is 39.4 Å². The van der Waals surface area contributed by atoms with E-state index in [-0.39, 0.29) is 11.7 Å². The molecule has 1 aromatic carbocycles. The molecule has 0 saturated carbocycles. The summed E-state index contributed by atoms with van der Waals surface area (Å²) in [6, 6.07) is 8.97. The maximum Gasteiger partial charge on any atom is 0.291 e. The van der Waals surface area contributed by atoms with Gasteiger partial charge in [0.1, 0.15) is 5.75 Å². The van der Waals surface area contributed by atoms with Crippen LogP contribution in [0, 0.1) is 0 Å². The molecular weight excluding hydrogens is 374 g/mol. The minimum atomic E-state index is -0.282. The molecule has 1 aromatic heterocycles. The maximum absolute atomic E-state index is 12.2. The van der Waals surface area contributed by atoms with Crippen LogP contribution in [-0.2, 0) is 0 Å². The lowest BCUT2D eigenvalue weighted by Gasteiger charge is -2.34. The summed E-state index contributed by atoms with van der Waals surface area (Å²) in [6.45, 7) is 3.85. The van der Waals surface area contributed by atoms with Crippen LogP contribution in [0.25, 0.3) is 0 Å². The SMILES string of the molecule is COc1ccc(NC(=O)c2ccc(Br)o2)cc1N1CCN(C)CC1. The van der Waals surface area contributed by atoms with Crippen molar-refractivity contribution in [3.63, 3.8) is 0 Å². The van der Waals surface area contributed by atoms with Crippen molar-refractivity contribution in [3.8, 4) is 5.75 Å². The van der Waals surface area contributed by atoms with Gasteiger partial charge in [0.05, 0.1) is 12.8 Å². The Labute approximate surface area is 149 Å². The van der Waals surface area contributed by atoms with E-state index in [1.807, 2.05) is 18.2 Å². The van der Waals surface area contributed by atoms with Crippen LogP contribution in [0.4, 0.5) is 11.4 Å². The van der Waals surface area contributed by atoms with Gasteiger partial charge in [0.2, 0.25) is 0 Å². The summed E-state index contributed by atoms with van der Waals surface area (Å²) < 4.78 is 11.3. The molecule has 1 N–H and O–H groups in total. The number of ether oxygens (including phenoxy) is 1. The van der Waals surface area contributed by atoms with Gasteiger partial charge in [-0.1, -0.05) is 0 Å². The van der Waals surface area contributed by atoms with E-state index in [0.29, 0.717) is 10.4 Å². The number of methoxy groups -OCH3 is 1. The zero-order chi connectivity index (χ0) is 17.1. The molecule has 128 valence electrons. The first-order valence-corrected chi connectivity index (χ1v) is 8.54. The normalized spacial score (nSPS) is 15.4. The van der Waals surface area contributed by atoms with Crippen LogP contribution in [-0.4, -0.2) is 51.1 Å². The van der Waals surface area contributed by atoms with Crippen LogP contribution in [0.2, 0.25) is 0 Å². The van der Waals surface area contributed by atoms with Crippen molar-refractivity contribution in [2.75, 3.05) is 50.6 Å². The molecule has 0 spiro atoms. The van der Waals surface area contributed by atoms with Crippen LogP contribution >= 0.6 is 15.9 Å². The maximum atomic E-state index is 12.2. The van der Waals surface area contributed by atoms with E-state index in [0.717, 1.165) is 37.6 Å². The summed E-state index contributed by atoms with van der Waals surface area (Å²) in [5.41, 5.74) is 1.70. The highest BCUT2D eigenvalue weighted by Crippen LogP contribution is 2.32. The summed E-state index contributed by atoms with van der Waals surface area (Å²) in [5, 5.41) is 2.86. The largest absolute Gasteiger partial charge is 0.495 e. The first kappa shape index (κ1) is 16.9. The fourth-order valence-corrected chi connectivity index (χ4v) is 3.00. The van der Waals surface area contributed by atoms with E-state index in [9.17, 15) is 4.79 Å². The van der Waals surface area contributed by atoms with Gasteiger partial charge in [-0.05, 0) is 53.3 Å². The highest BCUT2D eigenvalue weighted by Gasteiger charge is 2.19. The molecule has 7 heteroatoms. The number of benzene rings is 1. The second-order valence-electron chi connectivity index (χ2n) is 5.73. The summed E-state index contributed by atoms with van der Waals surface area (Å²) >= 11 is 3.20. The Morgan fingerprint density at radius 2 is 1.96 bits per heavy atom. The topological polar surface area (TPSA) is 58.0 Å². The summed E-state index contributed by atoms with van der Waals surface area (Å²) in [5.74, 6) is 0.785. The lowest BCUT2D eigenvalue weighted by atomic mass is 10.2. The third-order valence-electron chi connectivity index (χ3n) is 4.08. The molecule has 6 nitrogen and oxygen atoms in total. The predicted octanol–water partition coefficient (Wildman–Crippen LogP) is 3.05. The number of rotatable bonds is 4. The van der Waals surface area contributed by atoms with Gasteiger partial charge in [0.25, 0.3) is 5.91 Å². The fraction of sp³-hybridized carbons (Fsp3) is 0.353. The van der Waals surface area contributed by atoms with Crippen LogP contribution in [0.5, 0.6) is 5.75 Å². The average molecular weight is 394 g/mol. The monoisotopic (exact) mass is 393 g/mol. The van der Waals surface area contributed by atoms with E-state index in [1.165, 1.54) is 0 Å². The zero-order valence-electron chi connectivity index (χ0n) is 13.7. The summed E-state index contributed by atoms with van der Waals surface area (Å²) in [6.07, 6.45) is 0. The molecule has 0 atom stereocenters. The summed E-state index contributed by atoms with van der Waals surface area (Å²) in [7, 11) is 3.78. The number of amides is 1. The number of hydrogen-bond acceptors (Lipinski definition) is 5. The Hall–Kier alpha value is -1.99. The van der Waals surface area contributed by atoms with Crippen LogP contribution in [0.1, 0.15) is 10.6 Å². The Morgan fingerprint density at radius 1 is 1.21 bits per heavy atom. The molecule has 0 bridgehead atoms. The van der Waals surface area contributed by atoms with Crippen molar-refractivity contribution in [2.24, 2.45) is 0 Å². The highest BCUT2D eigenvalue weighted by molar-refractivity contribution is 9.10. The van der Waals surface area contributed by atoms with Gasteiger partial charge in [-0.3, -0.25) is 4.79 Å². The standard InChI is InChI=1S/C17H20BrN3O3/c1-20-7-9-21(10-8-20)13-11-12(3-4-14(13)23-2)19-17(22)15-5-6-16(18)24-15/h3-6,11H,7-10H2,1-2H3,(H,19,22). The molecule has 1 aliphatic rings. The number of carbonyl (C=O) groups excluding carboxylic acids is 1. The molecular formula is C17H20BrN3O3. The number of nitrogens with zero attached hydrogens (tertiary/aromatic N) is 2. The van der Waals surface area contributed by atoms with E-state index >= 15 is 0 Å². The first-order valence-electron chi connectivity index (χ1n) is 7.75.